The van der Waals surface area contributed by atoms with E-state index in [0.717, 1.165) is 24.5 Å². The number of para-hydroxylation sites is 2. The van der Waals surface area contributed by atoms with Gasteiger partial charge in [0.05, 0.1) is 12.8 Å². The van der Waals surface area contributed by atoms with Crippen LogP contribution in [0, 0.1) is 5.92 Å². The normalized spacial score (nSPS) is 16.2. The number of methoxy groups -OCH3 is 1. The fourth-order valence-corrected chi connectivity index (χ4v) is 3.31. The van der Waals surface area contributed by atoms with Gasteiger partial charge in [0.2, 0.25) is 5.91 Å². The van der Waals surface area contributed by atoms with Crippen molar-refractivity contribution in [2.45, 2.75) is 19.9 Å². The van der Waals surface area contributed by atoms with Crippen molar-refractivity contribution in [3.63, 3.8) is 0 Å². The predicted octanol–water partition coefficient (Wildman–Crippen LogP) is 1.83. The largest absolute Gasteiger partial charge is 0.495 e. The van der Waals surface area contributed by atoms with Gasteiger partial charge in [0, 0.05) is 26.2 Å². The number of piperazine rings is 1. The third-order valence-corrected chi connectivity index (χ3v) is 4.62. The minimum atomic E-state index is -0.305. The summed E-state index contributed by atoms with van der Waals surface area (Å²) in [7, 11) is 1.68. The van der Waals surface area contributed by atoms with Gasteiger partial charge in [-0.2, -0.15) is 5.10 Å². The average Bonchev–Trinajstić information content (AvgIpc) is 3.15. The number of aromatic nitrogens is 3. The summed E-state index contributed by atoms with van der Waals surface area (Å²) in [5, 5.41) is 4.17. The number of carbonyl (C=O) groups is 1. The van der Waals surface area contributed by atoms with Crippen molar-refractivity contribution in [3.8, 4) is 5.75 Å². The molecule has 1 aromatic carbocycles. The molecule has 1 saturated heterocycles. The van der Waals surface area contributed by atoms with Crippen molar-refractivity contribution in [1.29, 1.82) is 0 Å². The monoisotopic (exact) mass is 343 g/mol. The lowest BCUT2D eigenvalue weighted by Gasteiger charge is -2.38. The van der Waals surface area contributed by atoms with Gasteiger partial charge in [-0.25, -0.2) is 9.67 Å². The number of nitrogens with zero attached hydrogens (tertiary/aromatic N) is 5. The van der Waals surface area contributed by atoms with E-state index >= 15 is 0 Å². The average molecular weight is 343 g/mol. The molecule has 1 fully saturated rings. The molecule has 0 aliphatic carbocycles. The standard InChI is InChI=1S/C18H25N5O2/c1-14(2)17(23-13-19-12-20-23)18(24)22-10-8-21(9-11-22)15-6-4-5-7-16(15)25-3/h4-7,12-14,17H,8-11H2,1-3H3/t17-/m1/s1. The molecule has 1 atom stereocenters. The molecule has 0 saturated carbocycles. The molecule has 1 aliphatic heterocycles. The molecular formula is C18H25N5O2. The van der Waals surface area contributed by atoms with Crippen LogP contribution in [0.2, 0.25) is 0 Å². The molecule has 1 aliphatic rings. The highest BCUT2D eigenvalue weighted by Crippen LogP contribution is 2.29. The summed E-state index contributed by atoms with van der Waals surface area (Å²) in [6.07, 6.45) is 3.09. The summed E-state index contributed by atoms with van der Waals surface area (Å²) in [5.41, 5.74) is 1.08. The highest BCUT2D eigenvalue weighted by Gasteiger charge is 2.31. The molecule has 0 unspecified atom stereocenters. The molecule has 2 aromatic rings. The number of anilines is 1. The zero-order valence-electron chi connectivity index (χ0n) is 15.0. The van der Waals surface area contributed by atoms with E-state index in [0.29, 0.717) is 13.1 Å². The second kappa shape index (κ2) is 7.55. The Hall–Kier alpha value is -2.57. The van der Waals surface area contributed by atoms with Crippen LogP contribution in [0.4, 0.5) is 5.69 Å². The first-order valence-electron chi connectivity index (χ1n) is 8.62. The van der Waals surface area contributed by atoms with Gasteiger partial charge in [-0.1, -0.05) is 26.0 Å². The van der Waals surface area contributed by atoms with Gasteiger partial charge in [-0.15, -0.1) is 0 Å². The summed E-state index contributed by atoms with van der Waals surface area (Å²) < 4.78 is 7.12. The van der Waals surface area contributed by atoms with Gasteiger partial charge in [-0.05, 0) is 18.1 Å². The van der Waals surface area contributed by atoms with Gasteiger partial charge in [0.15, 0.2) is 0 Å². The molecule has 1 aromatic heterocycles. The van der Waals surface area contributed by atoms with Crippen LogP contribution in [0.15, 0.2) is 36.9 Å². The molecule has 0 N–H and O–H groups in total. The number of hydrogen-bond donors (Lipinski definition) is 0. The molecular weight excluding hydrogens is 318 g/mol. The van der Waals surface area contributed by atoms with E-state index in [1.54, 1.807) is 18.1 Å². The van der Waals surface area contributed by atoms with Crippen LogP contribution >= 0.6 is 0 Å². The number of hydrogen-bond acceptors (Lipinski definition) is 5. The molecule has 3 rings (SSSR count). The lowest BCUT2D eigenvalue weighted by molar-refractivity contribution is -0.136. The van der Waals surface area contributed by atoms with Crippen molar-refractivity contribution in [1.82, 2.24) is 19.7 Å². The maximum atomic E-state index is 13.0. The second-order valence-corrected chi connectivity index (χ2v) is 6.55. The highest BCUT2D eigenvalue weighted by atomic mass is 16.5. The summed E-state index contributed by atoms with van der Waals surface area (Å²) >= 11 is 0. The van der Waals surface area contributed by atoms with Crippen LogP contribution in [-0.2, 0) is 4.79 Å². The first-order valence-corrected chi connectivity index (χ1v) is 8.62. The molecule has 0 bridgehead atoms. The Labute approximate surface area is 148 Å². The zero-order valence-corrected chi connectivity index (χ0v) is 15.0. The maximum Gasteiger partial charge on any atom is 0.247 e. The van der Waals surface area contributed by atoms with Crippen molar-refractivity contribution >= 4 is 11.6 Å². The summed E-state index contributed by atoms with van der Waals surface area (Å²) in [4.78, 5) is 21.2. The molecule has 134 valence electrons. The minimum Gasteiger partial charge on any atom is -0.495 e. The third-order valence-electron chi connectivity index (χ3n) is 4.62. The predicted molar refractivity (Wildman–Crippen MR) is 95.7 cm³/mol. The van der Waals surface area contributed by atoms with Crippen LogP contribution in [0.3, 0.4) is 0 Å². The van der Waals surface area contributed by atoms with E-state index in [9.17, 15) is 4.79 Å². The second-order valence-electron chi connectivity index (χ2n) is 6.55. The summed E-state index contributed by atoms with van der Waals surface area (Å²) in [6.45, 7) is 7.02. The van der Waals surface area contributed by atoms with Crippen molar-refractivity contribution in [2.24, 2.45) is 5.92 Å². The van der Waals surface area contributed by atoms with E-state index in [4.69, 9.17) is 4.74 Å². The van der Waals surface area contributed by atoms with Crippen LogP contribution < -0.4 is 9.64 Å². The summed E-state index contributed by atoms with van der Waals surface area (Å²) in [5.74, 6) is 1.13. The van der Waals surface area contributed by atoms with E-state index in [-0.39, 0.29) is 17.9 Å². The van der Waals surface area contributed by atoms with Gasteiger partial charge in [-0.3, -0.25) is 4.79 Å². The maximum absolute atomic E-state index is 13.0. The lowest BCUT2D eigenvalue weighted by Crippen LogP contribution is -2.51. The SMILES string of the molecule is COc1ccccc1N1CCN(C(=O)[C@@H](C(C)C)n2cncn2)CC1. The van der Waals surface area contributed by atoms with Gasteiger partial charge in [0.25, 0.3) is 0 Å². The van der Waals surface area contributed by atoms with E-state index in [1.165, 1.54) is 6.33 Å². The number of amides is 1. The summed E-state index contributed by atoms with van der Waals surface area (Å²) in [6, 6.07) is 7.69. The van der Waals surface area contributed by atoms with Crippen molar-refractivity contribution in [2.75, 3.05) is 38.2 Å². The first kappa shape index (κ1) is 17.3. The Bertz CT molecular complexity index is 693. The first-order chi connectivity index (χ1) is 12.1. The fraction of sp³-hybridized carbons (Fsp3) is 0.500. The molecule has 7 nitrogen and oxygen atoms in total. The third kappa shape index (κ3) is 3.60. The van der Waals surface area contributed by atoms with Gasteiger partial charge < -0.3 is 14.5 Å². The molecule has 7 heteroatoms. The van der Waals surface area contributed by atoms with E-state index < -0.39 is 0 Å². The minimum absolute atomic E-state index is 0.111. The van der Waals surface area contributed by atoms with Gasteiger partial charge >= 0.3 is 0 Å². The van der Waals surface area contributed by atoms with Gasteiger partial charge in [0.1, 0.15) is 24.4 Å². The van der Waals surface area contributed by atoms with E-state index in [1.807, 2.05) is 36.9 Å². The fourth-order valence-electron chi connectivity index (χ4n) is 3.31. The van der Waals surface area contributed by atoms with Crippen LogP contribution in [0.1, 0.15) is 19.9 Å². The Morgan fingerprint density at radius 3 is 2.48 bits per heavy atom. The highest BCUT2D eigenvalue weighted by molar-refractivity contribution is 5.81. The topological polar surface area (TPSA) is 63.5 Å². The Balaban J connectivity index is 1.68. The molecule has 2 heterocycles. The Morgan fingerprint density at radius 1 is 1.16 bits per heavy atom. The van der Waals surface area contributed by atoms with Crippen LogP contribution in [0.25, 0.3) is 0 Å². The van der Waals surface area contributed by atoms with Crippen LogP contribution in [-0.4, -0.2) is 58.9 Å². The molecule has 25 heavy (non-hydrogen) atoms. The number of carbonyl (C=O) groups excluding carboxylic acids is 1. The number of benzene rings is 1. The Kier molecular flexibility index (Phi) is 5.21. The smallest absolute Gasteiger partial charge is 0.247 e. The molecule has 0 spiro atoms. The zero-order chi connectivity index (χ0) is 17.8. The van der Waals surface area contributed by atoms with Crippen molar-refractivity contribution < 1.29 is 9.53 Å². The van der Waals surface area contributed by atoms with Crippen molar-refractivity contribution in [3.05, 3.63) is 36.9 Å². The van der Waals surface area contributed by atoms with Crippen LogP contribution in [0.5, 0.6) is 5.75 Å². The van der Waals surface area contributed by atoms with E-state index in [2.05, 4.69) is 21.0 Å². The molecule has 1 amide bonds. The lowest BCUT2D eigenvalue weighted by atomic mass is 10.0. The number of ether oxygens (including phenoxy) is 1. The quantitative estimate of drug-likeness (QED) is 0.829. The Morgan fingerprint density at radius 2 is 1.88 bits per heavy atom. The number of rotatable bonds is 5. The molecule has 0 radical (unpaired) electrons.